The fourth-order valence-corrected chi connectivity index (χ4v) is 3.85. The summed E-state index contributed by atoms with van der Waals surface area (Å²) in [5.41, 5.74) is 5.48. The monoisotopic (exact) mass is 335 g/mol. The fourth-order valence-electron chi connectivity index (χ4n) is 2.38. The average Bonchev–Trinajstić information content (AvgIpc) is 2.93. The van der Waals surface area contributed by atoms with E-state index in [9.17, 15) is 12.8 Å². The lowest BCUT2D eigenvalue weighted by molar-refractivity contribution is 0.344. The van der Waals surface area contributed by atoms with Crippen LogP contribution in [0.1, 0.15) is 18.4 Å². The smallest absolute Gasteiger partial charge is 0.243 e. The summed E-state index contributed by atoms with van der Waals surface area (Å²) >= 11 is 5.82. The minimum atomic E-state index is -3.93. The molecule has 1 saturated heterocycles. The van der Waals surface area contributed by atoms with E-state index in [4.69, 9.17) is 17.3 Å². The maximum Gasteiger partial charge on any atom is 0.243 e. The van der Waals surface area contributed by atoms with Gasteiger partial charge in [0.2, 0.25) is 10.0 Å². The lowest BCUT2D eigenvalue weighted by atomic mass is 10.2. The van der Waals surface area contributed by atoms with Gasteiger partial charge in [-0.3, -0.25) is 0 Å². The third-order valence-corrected chi connectivity index (χ3v) is 5.19. The molecule has 1 aliphatic heterocycles. The summed E-state index contributed by atoms with van der Waals surface area (Å²) in [4.78, 5) is 1.72. The zero-order valence-corrected chi connectivity index (χ0v) is 13.2. The Kier molecular flexibility index (Phi) is 5.56. The molecule has 1 heterocycles. The van der Waals surface area contributed by atoms with Gasteiger partial charge in [-0.15, -0.1) is 0 Å². The van der Waals surface area contributed by atoms with E-state index in [0.717, 1.165) is 32.0 Å². The van der Waals surface area contributed by atoms with Gasteiger partial charge in [0, 0.05) is 30.2 Å². The van der Waals surface area contributed by atoms with Crippen LogP contribution in [0.5, 0.6) is 0 Å². The quantitative estimate of drug-likeness (QED) is 0.822. The SMILES string of the molecule is NCc1cc(Cl)cc(S(=O)(=O)NCCN2CCCC2)c1F. The molecule has 0 unspecified atom stereocenters. The molecule has 5 nitrogen and oxygen atoms in total. The Hall–Kier alpha value is -0.730. The first-order valence-corrected chi connectivity index (χ1v) is 8.70. The lowest BCUT2D eigenvalue weighted by Gasteiger charge is -2.15. The molecule has 0 saturated carbocycles. The first-order chi connectivity index (χ1) is 9.94. The molecule has 0 spiro atoms. The average molecular weight is 336 g/mol. The number of rotatable bonds is 6. The van der Waals surface area contributed by atoms with Crippen LogP contribution < -0.4 is 10.5 Å². The molecule has 1 aliphatic rings. The van der Waals surface area contributed by atoms with Gasteiger partial charge < -0.3 is 10.6 Å². The predicted molar refractivity (Wildman–Crippen MR) is 80.2 cm³/mol. The van der Waals surface area contributed by atoms with Crippen molar-refractivity contribution in [3.05, 3.63) is 28.5 Å². The van der Waals surface area contributed by atoms with Gasteiger partial charge in [0.25, 0.3) is 0 Å². The number of nitrogens with two attached hydrogens (primary N) is 1. The molecule has 1 aromatic carbocycles. The van der Waals surface area contributed by atoms with Crippen LogP contribution in [0.15, 0.2) is 17.0 Å². The highest BCUT2D eigenvalue weighted by molar-refractivity contribution is 7.89. The summed E-state index contributed by atoms with van der Waals surface area (Å²) in [6.07, 6.45) is 2.27. The van der Waals surface area contributed by atoms with Crippen molar-refractivity contribution in [1.82, 2.24) is 9.62 Å². The predicted octanol–water partition coefficient (Wildman–Crippen LogP) is 1.31. The largest absolute Gasteiger partial charge is 0.326 e. The summed E-state index contributed by atoms with van der Waals surface area (Å²) in [5, 5.41) is 0.150. The van der Waals surface area contributed by atoms with E-state index in [1.807, 2.05) is 0 Å². The van der Waals surface area contributed by atoms with Gasteiger partial charge >= 0.3 is 0 Å². The van der Waals surface area contributed by atoms with Crippen molar-refractivity contribution in [2.75, 3.05) is 26.2 Å². The van der Waals surface area contributed by atoms with Crippen molar-refractivity contribution >= 4 is 21.6 Å². The summed E-state index contributed by atoms with van der Waals surface area (Å²) in [5.74, 6) is -0.837. The van der Waals surface area contributed by atoms with Crippen molar-refractivity contribution < 1.29 is 12.8 Å². The number of benzene rings is 1. The summed E-state index contributed by atoms with van der Waals surface area (Å²) in [6.45, 7) is 2.70. The number of nitrogens with one attached hydrogen (secondary N) is 1. The van der Waals surface area contributed by atoms with Crippen LogP contribution in [0.4, 0.5) is 4.39 Å². The molecule has 0 bridgehead atoms. The zero-order valence-electron chi connectivity index (χ0n) is 11.6. The molecule has 1 aromatic rings. The van der Waals surface area contributed by atoms with Gasteiger partial charge in [0.15, 0.2) is 0 Å². The van der Waals surface area contributed by atoms with Gasteiger partial charge in [0.05, 0.1) is 0 Å². The van der Waals surface area contributed by atoms with Crippen LogP contribution in [0.2, 0.25) is 5.02 Å². The van der Waals surface area contributed by atoms with Crippen molar-refractivity contribution in [2.45, 2.75) is 24.3 Å². The van der Waals surface area contributed by atoms with Crippen molar-refractivity contribution in [3.8, 4) is 0 Å². The molecule has 3 N–H and O–H groups in total. The Bertz CT molecular complexity index is 604. The molecule has 0 atom stereocenters. The van der Waals surface area contributed by atoms with Gasteiger partial charge in [-0.2, -0.15) is 0 Å². The molecule has 2 rings (SSSR count). The zero-order chi connectivity index (χ0) is 15.5. The molecule has 0 aromatic heterocycles. The number of nitrogens with zero attached hydrogens (tertiary/aromatic N) is 1. The van der Waals surface area contributed by atoms with Gasteiger partial charge in [-0.25, -0.2) is 17.5 Å². The van der Waals surface area contributed by atoms with Crippen LogP contribution in [0.3, 0.4) is 0 Å². The molecular weight excluding hydrogens is 317 g/mol. The Morgan fingerprint density at radius 2 is 2.00 bits per heavy atom. The van der Waals surface area contributed by atoms with Crippen molar-refractivity contribution in [2.24, 2.45) is 5.73 Å². The van der Waals surface area contributed by atoms with Crippen LogP contribution in [-0.2, 0) is 16.6 Å². The van der Waals surface area contributed by atoms with Crippen LogP contribution >= 0.6 is 11.6 Å². The van der Waals surface area contributed by atoms with E-state index < -0.39 is 20.7 Å². The van der Waals surface area contributed by atoms with E-state index in [1.54, 1.807) is 0 Å². The first kappa shape index (κ1) is 16.6. The fraction of sp³-hybridized carbons (Fsp3) is 0.538. The Labute approximate surface area is 129 Å². The maximum atomic E-state index is 14.1. The maximum absolute atomic E-state index is 14.1. The van der Waals surface area contributed by atoms with Crippen LogP contribution in [0.25, 0.3) is 0 Å². The minimum absolute atomic E-state index is 0.0856. The number of halogens is 2. The molecule has 118 valence electrons. The minimum Gasteiger partial charge on any atom is -0.326 e. The molecule has 1 fully saturated rings. The topological polar surface area (TPSA) is 75.4 Å². The Morgan fingerprint density at radius 3 is 2.62 bits per heavy atom. The number of sulfonamides is 1. The Balaban J connectivity index is 2.09. The third kappa shape index (κ3) is 4.14. The summed E-state index contributed by atoms with van der Waals surface area (Å²) < 4.78 is 40.9. The van der Waals surface area contributed by atoms with E-state index in [0.29, 0.717) is 6.54 Å². The molecule has 8 heteroatoms. The summed E-state index contributed by atoms with van der Waals surface area (Å²) in [7, 11) is -3.93. The summed E-state index contributed by atoms with van der Waals surface area (Å²) in [6, 6.07) is 2.44. The van der Waals surface area contributed by atoms with Crippen molar-refractivity contribution in [1.29, 1.82) is 0 Å². The molecule has 21 heavy (non-hydrogen) atoms. The first-order valence-electron chi connectivity index (χ1n) is 6.84. The third-order valence-electron chi connectivity index (χ3n) is 3.51. The lowest BCUT2D eigenvalue weighted by Crippen LogP contribution is -2.34. The van der Waals surface area contributed by atoms with Gasteiger partial charge in [0.1, 0.15) is 10.7 Å². The number of hydrogen-bond donors (Lipinski definition) is 2. The molecule has 0 radical (unpaired) electrons. The van der Waals surface area contributed by atoms with Crippen LogP contribution in [0, 0.1) is 5.82 Å². The van der Waals surface area contributed by atoms with E-state index in [1.165, 1.54) is 6.07 Å². The molecule has 0 aliphatic carbocycles. The highest BCUT2D eigenvalue weighted by Gasteiger charge is 2.22. The second-order valence-electron chi connectivity index (χ2n) is 5.03. The highest BCUT2D eigenvalue weighted by Crippen LogP contribution is 2.23. The van der Waals surface area contributed by atoms with Gasteiger partial charge in [-0.05, 0) is 38.1 Å². The van der Waals surface area contributed by atoms with E-state index in [-0.39, 0.29) is 23.7 Å². The highest BCUT2D eigenvalue weighted by atomic mass is 35.5. The second-order valence-corrected chi connectivity index (χ2v) is 7.20. The van der Waals surface area contributed by atoms with Gasteiger partial charge in [-0.1, -0.05) is 11.6 Å². The molecular formula is C13H19ClFN3O2S. The molecule has 0 amide bonds. The number of hydrogen-bond acceptors (Lipinski definition) is 4. The normalized spacial score (nSPS) is 16.5. The number of likely N-dealkylation sites (tertiary alicyclic amines) is 1. The van der Waals surface area contributed by atoms with E-state index >= 15 is 0 Å². The second kappa shape index (κ2) is 7.02. The van der Waals surface area contributed by atoms with Crippen LogP contribution in [-0.4, -0.2) is 39.5 Å². The Morgan fingerprint density at radius 1 is 1.33 bits per heavy atom. The van der Waals surface area contributed by atoms with E-state index in [2.05, 4.69) is 9.62 Å². The van der Waals surface area contributed by atoms with Crippen molar-refractivity contribution in [3.63, 3.8) is 0 Å². The standard InChI is InChI=1S/C13H19ClFN3O2S/c14-11-7-10(9-16)13(15)12(8-11)21(19,20)17-3-6-18-4-1-2-5-18/h7-8,17H,1-6,9,16H2.